The smallest absolute Gasteiger partial charge is 0.0190 e. The molecule has 0 heterocycles. The topological polar surface area (TPSA) is 38.0 Å². The number of unbranched alkanes of at least 4 members (excludes halogenated alkanes) is 1. The molecule has 0 amide bonds. The summed E-state index contributed by atoms with van der Waals surface area (Å²) in [6, 6.07) is 0.519. The molecule has 0 aromatic rings. The average molecular weight is 184 g/mol. The van der Waals surface area contributed by atoms with Gasteiger partial charge in [-0.15, -0.1) is 0 Å². The molecule has 2 heteroatoms. The predicted octanol–water partition coefficient (Wildman–Crippen LogP) is 2.06. The predicted molar refractivity (Wildman–Crippen MR) is 59.8 cm³/mol. The van der Waals surface area contributed by atoms with E-state index in [9.17, 15) is 0 Å². The van der Waals surface area contributed by atoms with Crippen LogP contribution >= 0.6 is 0 Å². The van der Waals surface area contributed by atoms with Gasteiger partial charge in [-0.1, -0.05) is 31.9 Å². The highest BCUT2D eigenvalue weighted by atomic mass is 14.9. The van der Waals surface area contributed by atoms with Crippen molar-refractivity contribution in [2.24, 2.45) is 5.73 Å². The summed E-state index contributed by atoms with van der Waals surface area (Å²) in [4.78, 5) is 0. The highest BCUT2D eigenvalue weighted by molar-refractivity contribution is 4.78. The van der Waals surface area contributed by atoms with Crippen molar-refractivity contribution in [2.75, 3.05) is 13.1 Å². The van der Waals surface area contributed by atoms with Crippen LogP contribution in [0.3, 0.4) is 0 Å². The molecule has 0 aliphatic carbocycles. The molecule has 0 saturated heterocycles. The van der Waals surface area contributed by atoms with Crippen LogP contribution in [-0.4, -0.2) is 19.1 Å². The van der Waals surface area contributed by atoms with Gasteiger partial charge in [-0.2, -0.15) is 0 Å². The summed E-state index contributed by atoms with van der Waals surface area (Å²) < 4.78 is 0. The van der Waals surface area contributed by atoms with Crippen LogP contribution in [0.25, 0.3) is 0 Å². The fourth-order valence-electron chi connectivity index (χ4n) is 1.29. The number of rotatable bonds is 8. The lowest BCUT2D eigenvalue weighted by atomic mass is 10.1. The second-order valence-corrected chi connectivity index (χ2v) is 3.39. The number of nitrogens with one attached hydrogen (secondary N) is 1. The number of hydrogen-bond donors (Lipinski definition) is 2. The number of allylic oxidation sites excluding steroid dienone is 1. The minimum absolute atomic E-state index is 0.519. The Kier molecular flexibility index (Phi) is 9.49. The van der Waals surface area contributed by atoms with E-state index in [1.54, 1.807) is 0 Å². The van der Waals surface area contributed by atoms with Crippen LogP contribution in [0.15, 0.2) is 12.2 Å². The Balaban J connectivity index is 3.36. The molecule has 0 spiro atoms. The molecule has 0 aliphatic rings. The third kappa shape index (κ3) is 8.00. The molecule has 2 nitrogen and oxygen atoms in total. The van der Waals surface area contributed by atoms with Gasteiger partial charge in [-0.25, -0.2) is 0 Å². The van der Waals surface area contributed by atoms with Crippen molar-refractivity contribution in [3.8, 4) is 0 Å². The summed E-state index contributed by atoms with van der Waals surface area (Å²) in [7, 11) is 0. The van der Waals surface area contributed by atoms with Crippen molar-refractivity contribution in [2.45, 2.75) is 45.6 Å². The van der Waals surface area contributed by atoms with Crippen LogP contribution in [0.4, 0.5) is 0 Å². The minimum Gasteiger partial charge on any atom is -0.329 e. The lowest BCUT2D eigenvalue weighted by Gasteiger charge is -2.15. The second kappa shape index (κ2) is 9.75. The van der Waals surface area contributed by atoms with E-state index in [4.69, 9.17) is 5.73 Å². The molecule has 0 aromatic heterocycles. The molecule has 0 bridgehead atoms. The van der Waals surface area contributed by atoms with Crippen molar-refractivity contribution in [3.63, 3.8) is 0 Å². The number of nitrogens with two attached hydrogens (primary N) is 1. The Hall–Kier alpha value is -0.340. The van der Waals surface area contributed by atoms with Crippen LogP contribution in [0.1, 0.15) is 39.5 Å². The molecule has 13 heavy (non-hydrogen) atoms. The molecule has 1 unspecified atom stereocenters. The molecule has 0 saturated carbocycles. The zero-order valence-corrected chi connectivity index (χ0v) is 9.05. The van der Waals surface area contributed by atoms with Crippen molar-refractivity contribution in [1.29, 1.82) is 0 Å². The van der Waals surface area contributed by atoms with E-state index >= 15 is 0 Å². The van der Waals surface area contributed by atoms with Crippen molar-refractivity contribution < 1.29 is 0 Å². The van der Waals surface area contributed by atoms with Crippen molar-refractivity contribution in [3.05, 3.63) is 12.2 Å². The molecule has 0 aliphatic heterocycles. The second-order valence-electron chi connectivity index (χ2n) is 3.39. The van der Waals surface area contributed by atoms with Crippen molar-refractivity contribution >= 4 is 0 Å². The van der Waals surface area contributed by atoms with Crippen LogP contribution in [0.5, 0.6) is 0 Å². The Bertz CT molecular complexity index is 121. The fourth-order valence-corrected chi connectivity index (χ4v) is 1.29. The highest BCUT2D eigenvalue weighted by Gasteiger charge is 2.02. The zero-order valence-electron chi connectivity index (χ0n) is 9.05. The van der Waals surface area contributed by atoms with Crippen LogP contribution < -0.4 is 11.1 Å². The molecule has 0 fully saturated rings. The maximum atomic E-state index is 5.65. The summed E-state index contributed by atoms with van der Waals surface area (Å²) in [5.41, 5.74) is 5.65. The molecule has 78 valence electrons. The van der Waals surface area contributed by atoms with Gasteiger partial charge < -0.3 is 11.1 Å². The zero-order chi connectivity index (χ0) is 9.94. The Morgan fingerprint density at radius 3 is 2.77 bits per heavy atom. The largest absolute Gasteiger partial charge is 0.329 e. The van der Waals surface area contributed by atoms with Gasteiger partial charge in [0.1, 0.15) is 0 Å². The first-order chi connectivity index (χ1) is 6.35. The summed E-state index contributed by atoms with van der Waals surface area (Å²) >= 11 is 0. The first kappa shape index (κ1) is 12.7. The van der Waals surface area contributed by atoms with Crippen LogP contribution in [0, 0.1) is 0 Å². The van der Waals surface area contributed by atoms with E-state index in [0.29, 0.717) is 6.04 Å². The van der Waals surface area contributed by atoms with Gasteiger partial charge in [0.05, 0.1) is 0 Å². The fraction of sp³-hybridized carbons (Fsp3) is 0.818. The summed E-state index contributed by atoms with van der Waals surface area (Å²) in [5, 5.41) is 3.46. The summed E-state index contributed by atoms with van der Waals surface area (Å²) in [6.07, 6.45) is 9.12. The average Bonchev–Trinajstić information content (AvgIpc) is 2.17. The standard InChI is InChI=1S/C11H24N2/c1-3-5-7-9-13-11(10-12)8-6-4-2/h3,5,11,13H,4,6-10,12H2,1-2H3/b5-3+. The van der Waals surface area contributed by atoms with Crippen molar-refractivity contribution in [1.82, 2.24) is 5.32 Å². The Labute approximate surface area is 82.6 Å². The molecule has 1 atom stereocenters. The lowest BCUT2D eigenvalue weighted by Crippen LogP contribution is -2.36. The SMILES string of the molecule is C/C=C/CCNC(CN)CCCC. The first-order valence-corrected chi connectivity index (χ1v) is 5.39. The van der Waals surface area contributed by atoms with Crippen LogP contribution in [-0.2, 0) is 0 Å². The Morgan fingerprint density at radius 1 is 1.46 bits per heavy atom. The van der Waals surface area contributed by atoms with E-state index in [2.05, 4.69) is 31.3 Å². The van der Waals surface area contributed by atoms with E-state index in [1.807, 2.05) is 0 Å². The third-order valence-electron chi connectivity index (χ3n) is 2.17. The maximum absolute atomic E-state index is 5.65. The van der Waals surface area contributed by atoms with Gasteiger partial charge in [0, 0.05) is 12.6 Å². The molecule has 0 radical (unpaired) electrons. The first-order valence-electron chi connectivity index (χ1n) is 5.39. The summed E-state index contributed by atoms with van der Waals surface area (Å²) in [5.74, 6) is 0. The minimum atomic E-state index is 0.519. The quantitative estimate of drug-likeness (QED) is 0.447. The van der Waals surface area contributed by atoms with Gasteiger partial charge >= 0.3 is 0 Å². The van der Waals surface area contributed by atoms with Gasteiger partial charge in [-0.05, 0) is 26.3 Å². The normalized spacial score (nSPS) is 13.8. The van der Waals surface area contributed by atoms with Gasteiger partial charge in [0.25, 0.3) is 0 Å². The Morgan fingerprint density at radius 2 is 2.23 bits per heavy atom. The molecule has 3 N–H and O–H groups in total. The van der Waals surface area contributed by atoms with Gasteiger partial charge in [0.15, 0.2) is 0 Å². The molecule has 0 aromatic carbocycles. The molecular weight excluding hydrogens is 160 g/mol. The monoisotopic (exact) mass is 184 g/mol. The van der Waals surface area contributed by atoms with E-state index in [0.717, 1.165) is 19.5 Å². The lowest BCUT2D eigenvalue weighted by molar-refractivity contribution is 0.476. The molecule has 0 rings (SSSR count). The third-order valence-corrected chi connectivity index (χ3v) is 2.17. The number of hydrogen-bond acceptors (Lipinski definition) is 2. The van der Waals surface area contributed by atoms with E-state index in [-0.39, 0.29) is 0 Å². The van der Waals surface area contributed by atoms with Crippen LogP contribution in [0.2, 0.25) is 0 Å². The highest BCUT2D eigenvalue weighted by Crippen LogP contribution is 1.99. The van der Waals surface area contributed by atoms with Gasteiger partial charge in [0.2, 0.25) is 0 Å². The summed E-state index contributed by atoms with van der Waals surface area (Å²) in [6.45, 7) is 6.08. The van der Waals surface area contributed by atoms with E-state index in [1.165, 1.54) is 19.3 Å². The molecular formula is C11H24N2. The van der Waals surface area contributed by atoms with Gasteiger partial charge in [-0.3, -0.25) is 0 Å². The van der Waals surface area contributed by atoms with E-state index < -0.39 is 0 Å². The maximum Gasteiger partial charge on any atom is 0.0190 e.